The maximum Gasteiger partial charge on any atom is 0.252 e. The molecule has 32 heavy (non-hydrogen) atoms. The standard InChI is InChI=1S/C23H26N4O3S2/c28-23(18-6-2-1-3-7-18)26-16-21-9-10-22(31-21)32(29,30)27-15-12-20(17-27)25-14-11-19-8-4-5-13-24-19/h1-10,13,20,25H,11-12,14-17H2,(H,26,28). The quantitative estimate of drug-likeness (QED) is 0.502. The van der Waals surface area contributed by atoms with Crippen molar-refractivity contribution in [3.05, 3.63) is 83.0 Å². The van der Waals surface area contributed by atoms with Gasteiger partial charge in [-0.05, 0) is 42.8 Å². The van der Waals surface area contributed by atoms with Crippen LogP contribution in [0.2, 0.25) is 0 Å². The minimum atomic E-state index is -3.53. The van der Waals surface area contributed by atoms with E-state index in [9.17, 15) is 13.2 Å². The Morgan fingerprint density at radius 1 is 1.09 bits per heavy atom. The summed E-state index contributed by atoms with van der Waals surface area (Å²) in [6, 6.07) is 18.3. The van der Waals surface area contributed by atoms with E-state index in [-0.39, 0.29) is 11.9 Å². The highest BCUT2D eigenvalue weighted by molar-refractivity contribution is 7.91. The molecule has 1 amide bonds. The molecule has 1 aliphatic rings. The largest absolute Gasteiger partial charge is 0.347 e. The lowest BCUT2D eigenvalue weighted by Gasteiger charge is -2.16. The van der Waals surface area contributed by atoms with Gasteiger partial charge < -0.3 is 10.6 Å². The van der Waals surface area contributed by atoms with Gasteiger partial charge >= 0.3 is 0 Å². The van der Waals surface area contributed by atoms with Crippen LogP contribution >= 0.6 is 11.3 Å². The fourth-order valence-electron chi connectivity index (χ4n) is 3.64. The fourth-order valence-corrected chi connectivity index (χ4v) is 6.59. The number of aromatic nitrogens is 1. The Kier molecular flexibility index (Phi) is 7.31. The van der Waals surface area contributed by atoms with Crippen LogP contribution < -0.4 is 10.6 Å². The van der Waals surface area contributed by atoms with Crippen LogP contribution in [0.3, 0.4) is 0 Å². The molecule has 4 rings (SSSR count). The summed E-state index contributed by atoms with van der Waals surface area (Å²) in [5, 5.41) is 6.29. The Bertz CT molecular complexity index is 1130. The van der Waals surface area contributed by atoms with Gasteiger partial charge in [-0.2, -0.15) is 4.31 Å². The number of amides is 1. The van der Waals surface area contributed by atoms with Crippen molar-refractivity contribution in [1.29, 1.82) is 0 Å². The third-order valence-electron chi connectivity index (χ3n) is 5.38. The molecule has 1 unspecified atom stereocenters. The van der Waals surface area contributed by atoms with Gasteiger partial charge in [0.2, 0.25) is 0 Å². The molecule has 0 radical (unpaired) electrons. The Morgan fingerprint density at radius 2 is 1.91 bits per heavy atom. The first-order valence-electron chi connectivity index (χ1n) is 10.6. The van der Waals surface area contributed by atoms with Gasteiger partial charge in [-0.15, -0.1) is 11.3 Å². The predicted molar refractivity (Wildman–Crippen MR) is 125 cm³/mol. The van der Waals surface area contributed by atoms with E-state index in [0.717, 1.165) is 30.0 Å². The Balaban J connectivity index is 1.28. The zero-order valence-corrected chi connectivity index (χ0v) is 19.2. The average Bonchev–Trinajstić information content (AvgIpc) is 3.49. The van der Waals surface area contributed by atoms with Crippen molar-refractivity contribution in [2.24, 2.45) is 0 Å². The summed E-state index contributed by atoms with van der Waals surface area (Å²) in [5.41, 5.74) is 1.60. The van der Waals surface area contributed by atoms with E-state index in [1.54, 1.807) is 34.8 Å². The van der Waals surface area contributed by atoms with E-state index in [1.165, 1.54) is 11.3 Å². The molecule has 0 saturated carbocycles. The van der Waals surface area contributed by atoms with Crippen molar-refractivity contribution in [1.82, 2.24) is 19.9 Å². The van der Waals surface area contributed by atoms with Crippen LogP contribution in [0.15, 0.2) is 71.1 Å². The second-order valence-corrected chi connectivity index (χ2v) is 11.0. The maximum absolute atomic E-state index is 13.1. The van der Waals surface area contributed by atoms with Crippen LogP contribution in [0.5, 0.6) is 0 Å². The van der Waals surface area contributed by atoms with Crippen molar-refractivity contribution in [2.75, 3.05) is 19.6 Å². The second kappa shape index (κ2) is 10.4. The lowest BCUT2D eigenvalue weighted by molar-refractivity contribution is 0.0951. The summed E-state index contributed by atoms with van der Waals surface area (Å²) >= 11 is 1.21. The molecule has 1 aliphatic heterocycles. The van der Waals surface area contributed by atoms with Crippen LogP contribution in [0.4, 0.5) is 0 Å². The molecule has 0 spiro atoms. The minimum Gasteiger partial charge on any atom is -0.347 e. The predicted octanol–water partition coefficient (Wildman–Crippen LogP) is 2.67. The highest BCUT2D eigenvalue weighted by Crippen LogP contribution is 2.27. The van der Waals surface area contributed by atoms with Gasteiger partial charge in [0.1, 0.15) is 4.21 Å². The van der Waals surface area contributed by atoms with E-state index in [1.807, 2.05) is 36.4 Å². The van der Waals surface area contributed by atoms with Crippen molar-refractivity contribution in [2.45, 2.75) is 29.6 Å². The van der Waals surface area contributed by atoms with Crippen LogP contribution in [-0.4, -0.2) is 49.3 Å². The maximum atomic E-state index is 13.1. The number of nitrogens with one attached hydrogen (secondary N) is 2. The van der Waals surface area contributed by atoms with Crippen LogP contribution in [0.25, 0.3) is 0 Å². The molecule has 0 bridgehead atoms. The summed E-state index contributed by atoms with van der Waals surface area (Å²) < 4.78 is 28.0. The Labute approximate surface area is 192 Å². The molecule has 1 aromatic carbocycles. The monoisotopic (exact) mass is 470 g/mol. The number of rotatable bonds is 9. The molecule has 1 saturated heterocycles. The number of carbonyl (C=O) groups is 1. The van der Waals surface area contributed by atoms with Gasteiger partial charge in [-0.1, -0.05) is 24.3 Å². The molecule has 0 aliphatic carbocycles. The first-order valence-corrected chi connectivity index (χ1v) is 12.8. The molecule has 1 fully saturated rings. The lowest BCUT2D eigenvalue weighted by Crippen LogP contribution is -2.35. The summed E-state index contributed by atoms with van der Waals surface area (Å²) in [6.45, 7) is 2.02. The number of carbonyl (C=O) groups excluding carboxylic acids is 1. The molecular weight excluding hydrogens is 444 g/mol. The molecule has 7 nitrogen and oxygen atoms in total. The molecule has 168 valence electrons. The number of nitrogens with zero attached hydrogens (tertiary/aromatic N) is 2. The van der Waals surface area contributed by atoms with Crippen molar-refractivity contribution < 1.29 is 13.2 Å². The molecular formula is C23H26N4O3S2. The first-order chi connectivity index (χ1) is 15.5. The van der Waals surface area contributed by atoms with E-state index < -0.39 is 10.0 Å². The number of benzene rings is 1. The zero-order valence-electron chi connectivity index (χ0n) is 17.6. The van der Waals surface area contributed by atoms with E-state index in [2.05, 4.69) is 15.6 Å². The number of hydrogen-bond acceptors (Lipinski definition) is 6. The molecule has 1 atom stereocenters. The van der Waals surface area contributed by atoms with E-state index in [4.69, 9.17) is 0 Å². The van der Waals surface area contributed by atoms with Crippen molar-refractivity contribution in [3.8, 4) is 0 Å². The molecule has 3 heterocycles. The van der Waals surface area contributed by atoms with Gasteiger partial charge in [0, 0.05) is 54.4 Å². The van der Waals surface area contributed by atoms with Crippen molar-refractivity contribution >= 4 is 27.3 Å². The van der Waals surface area contributed by atoms with E-state index in [0.29, 0.717) is 29.4 Å². The van der Waals surface area contributed by atoms with Gasteiger partial charge in [-0.3, -0.25) is 9.78 Å². The summed E-state index contributed by atoms with van der Waals surface area (Å²) in [7, 11) is -3.53. The Hall–Kier alpha value is -2.59. The summed E-state index contributed by atoms with van der Waals surface area (Å²) in [4.78, 5) is 17.3. The Morgan fingerprint density at radius 3 is 2.69 bits per heavy atom. The van der Waals surface area contributed by atoms with Gasteiger partial charge in [0.15, 0.2) is 0 Å². The summed E-state index contributed by atoms with van der Waals surface area (Å²) in [6.07, 6.45) is 3.38. The first kappa shape index (κ1) is 22.6. The van der Waals surface area contributed by atoms with Gasteiger partial charge in [0.05, 0.1) is 6.54 Å². The molecule has 3 aromatic rings. The van der Waals surface area contributed by atoms with Crippen molar-refractivity contribution in [3.63, 3.8) is 0 Å². The van der Waals surface area contributed by atoms with Crippen LogP contribution in [0, 0.1) is 0 Å². The number of thiophene rings is 1. The topological polar surface area (TPSA) is 91.4 Å². The molecule has 2 aromatic heterocycles. The van der Waals surface area contributed by atoms with Gasteiger partial charge in [0.25, 0.3) is 15.9 Å². The molecule has 9 heteroatoms. The van der Waals surface area contributed by atoms with E-state index >= 15 is 0 Å². The van der Waals surface area contributed by atoms with Crippen LogP contribution in [-0.2, 0) is 23.0 Å². The average molecular weight is 471 g/mol. The number of sulfonamides is 1. The third-order valence-corrected chi connectivity index (χ3v) is 8.80. The second-order valence-electron chi connectivity index (χ2n) is 7.64. The zero-order chi connectivity index (χ0) is 22.4. The smallest absolute Gasteiger partial charge is 0.252 e. The normalized spacial score (nSPS) is 16.8. The lowest BCUT2D eigenvalue weighted by atomic mass is 10.2. The minimum absolute atomic E-state index is 0.137. The van der Waals surface area contributed by atoms with Gasteiger partial charge in [-0.25, -0.2) is 8.42 Å². The number of pyridine rings is 1. The highest BCUT2D eigenvalue weighted by Gasteiger charge is 2.33. The SMILES string of the molecule is O=C(NCc1ccc(S(=O)(=O)N2CCC(NCCc3ccccn3)C2)s1)c1ccccc1. The highest BCUT2D eigenvalue weighted by atomic mass is 32.2. The number of hydrogen-bond donors (Lipinski definition) is 2. The summed E-state index contributed by atoms with van der Waals surface area (Å²) in [5.74, 6) is -0.178. The fraction of sp³-hybridized carbons (Fsp3) is 0.304. The molecule has 2 N–H and O–H groups in total. The van der Waals surface area contributed by atoms with Crippen LogP contribution in [0.1, 0.15) is 27.3 Å². The third kappa shape index (κ3) is 5.60.